The third kappa shape index (κ3) is 6.21. The second kappa shape index (κ2) is 11.9. The average molecular weight is 579 g/mol. The molecular weight excluding hydrogens is 552 g/mol. The fraction of sp³-hybridized carbons (Fsp3) is 0.200. The molecule has 3 aromatic carbocycles. The Bertz CT molecular complexity index is 1660. The Labute approximate surface area is 237 Å². The summed E-state index contributed by atoms with van der Waals surface area (Å²) in [5, 5.41) is 60.5. The molecule has 0 amide bonds. The smallest absolute Gasteiger partial charge is 0.330 e. The molecule has 12 heteroatoms. The first-order valence-corrected chi connectivity index (χ1v) is 12.7. The molecule has 1 aliphatic rings. The van der Waals surface area contributed by atoms with Crippen LogP contribution in [0.2, 0.25) is 0 Å². The number of aromatic hydroxyl groups is 3. The zero-order valence-electron chi connectivity index (χ0n) is 21.7. The molecule has 2 heterocycles. The lowest BCUT2D eigenvalue weighted by atomic mass is 9.99. The maximum absolute atomic E-state index is 12.7. The van der Waals surface area contributed by atoms with Crippen LogP contribution in [0.15, 0.2) is 82.0 Å². The molecule has 0 bridgehead atoms. The summed E-state index contributed by atoms with van der Waals surface area (Å²) < 4.78 is 22.2. The number of ether oxygens (including phenoxy) is 3. The van der Waals surface area contributed by atoms with Crippen molar-refractivity contribution >= 4 is 23.0 Å². The minimum atomic E-state index is -1.74. The van der Waals surface area contributed by atoms with Crippen molar-refractivity contribution in [1.82, 2.24) is 0 Å². The molecule has 1 aliphatic heterocycles. The highest BCUT2D eigenvalue weighted by Gasteiger charge is 2.45. The number of fused-ring (bicyclic) bond motifs is 1. The number of aliphatic hydroxyl groups is 3. The first kappa shape index (κ1) is 28.6. The Hall–Kier alpha value is -4.88. The summed E-state index contributed by atoms with van der Waals surface area (Å²) >= 11 is 0. The Balaban J connectivity index is 1.31. The number of aliphatic hydroxyl groups excluding tert-OH is 3. The van der Waals surface area contributed by atoms with E-state index in [1.807, 2.05) is 0 Å². The second-order valence-electron chi connectivity index (χ2n) is 9.52. The highest BCUT2D eigenvalue weighted by Crippen LogP contribution is 2.33. The van der Waals surface area contributed by atoms with Crippen LogP contribution in [-0.4, -0.2) is 73.9 Å². The van der Waals surface area contributed by atoms with E-state index < -0.39 is 54.5 Å². The average Bonchev–Trinajstić information content (AvgIpc) is 2.96. The largest absolute Gasteiger partial charge is 0.508 e. The number of phenols is 3. The minimum absolute atomic E-state index is 0.0205. The van der Waals surface area contributed by atoms with Gasteiger partial charge in [-0.15, -0.1) is 0 Å². The van der Waals surface area contributed by atoms with Crippen LogP contribution in [0, 0.1) is 0 Å². The van der Waals surface area contributed by atoms with E-state index in [4.69, 9.17) is 18.6 Å². The molecule has 42 heavy (non-hydrogen) atoms. The summed E-state index contributed by atoms with van der Waals surface area (Å²) in [4.78, 5) is 24.9. The topological polar surface area (TPSA) is 196 Å². The van der Waals surface area contributed by atoms with E-state index in [9.17, 15) is 40.2 Å². The Morgan fingerprint density at radius 2 is 1.52 bits per heavy atom. The molecule has 12 nitrogen and oxygen atoms in total. The van der Waals surface area contributed by atoms with Crippen LogP contribution in [0.25, 0.3) is 28.4 Å². The number of carbonyl (C=O) groups excluding carboxylic acids is 1. The van der Waals surface area contributed by atoms with Gasteiger partial charge < -0.3 is 49.3 Å². The maximum Gasteiger partial charge on any atom is 0.330 e. The van der Waals surface area contributed by atoms with Crippen molar-refractivity contribution < 1.29 is 54.1 Å². The SMILES string of the molecule is O=C(C=Cc1ccc(O)cc1)OC[C@@H]1O[C@H](Oc2cc(O)c3c(=O)cc(-c4ccc(O)cc4)oc3c2)[C@H](O)[C@@H](O)[C@@H]1O. The normalized spacial score (nSPS) is 22.3. The van der Waals surface area contributed by atoms with E-state index in [-0.39, 0.29) is 34.0 Å². The lowest BCUT2D eigenvalue weighted by molar-refractivity contribution is -0.278. The van der Waals surface area contributed by atoms with Crippen molar-refractivity contribution in [2.45, 2.75) is 30.7 Å². The van der Waals surface area contributed by atoms with Gasteiger partial charge >= 0.3 is 5.97 Å². The van der Waals surface area contributed by atoms with Crippen molar-refractivity contribution in [1.29, 1.82) is 0 Å². The van der Waals surface area contributed by atoms with Crippen LogP contribution in [0.1, 0.15) is 5.56 Å². The van der Waals surface area contributed by atoms with Crippen LogP contribution in [-0.2, 0) is 14.3 Å². The molecule has 0 aliphatic carbocycles. The fourth-order valence-electron chi connectivity index (χ4n) is 4.33. The molecule has 4 aromatic rings. The van der Waals surface area contributed by atoms with Crippen LogP contribution < -0.4 is 10.2 Å². The molecule has 0 spiro atoms. The molecule has 5 atom stereocenters. The van der Waals surface area contributed by atoms with Crippen molar-refractivity contribution in [3.8, 4) is 34.3 Å². The number of hydrogen-bond acceptors (Lipinski definition) is 12. The fourth-order valence-corrected chi connectivity index (χ4v) is 4.33. The molecular formula is C30H26O12. The predicted molar refractivity (Wildman–Crippen MR) is 147 cm³/mol. The molecule has 218 valence electrons. The molecule has 0 radical (unpaired) electrons. The van der Waals surface area contributed by atoms with Crippen molar-refractivity contribution in [2.75, 3.05) is 6.61 Å². The van der Waals surface area contributed by atoms with Crippen LogP contribution in [0.3, 0.4) is 0 Å². The van der Waals surface area contributed by atoms with Crippen LogP contribution in [0.4, 0.5) is 0 Å². The van der Waals surface area contributed by atoms with Gasteiger partial charge in [-0.05, 0) is 48.0 Å². The summed E-state index contributed by atoms with van der Waals surface area (Å²) in [6, 6.07) is 15.5. The molecule has 1 aromatic heterocycles. The lowest BCUT2D eigenvalue weighted by Gasteiger charge is -2.39. The van der Waals surface area contributed by atoms with Gasteiger partial charge in [0.05, 0.1) is 0 Å². The predicted octanol–water partition coefficient (Wildman–Crippen LogP) is 2.02. The Kier molecular flexibility index (Phi) is 8.13. The molecule has 1 saturated heterocycles. The maximum atomic E-state index is 12.7. The van der Waals surface area contributed by atoms with Gasteiger partial charge in [-0.25, -0.2) is 4.79 Å². The summed E-state index contributed by atoms with van der Waals surface area (Å²) in [6.45, 7) is -0.503. The summed E-state index contributed by atoms with van der Waals surface area (Å²) in [5.41, 5.74) is 0.501. The first-order valence-electron chi connectivity index (χ1n) is 12.7. The van der Waals surface area contributed by atoms with E-state index in [0.717, 1.165) is 12.1 Å². The number of rotatable bonds is 7. The third-order valence-corrected chi connectivity index (χ3v) is 6.55. The van der Waals surface area contributed by atoms with Crippen molar-refractivity contribution in [3.63, 3.8) is 0 Å². The van der Waals surface area contributed by atoms with E-state index in [1.54, 1.807) is 12.1 Å². The molecule has 0 unspecified atom stereocenters. The molecule has 6 N–H and O–H groups in total. The van der Waals surface area contributed by atoms with Gasteiger partial charge in [-0.1, -0.05) is 12.1 Å². The minimum Gasteiger partial charge on any atom is -0.508 e. The lowest BCUT2D eigenvalue weighted by Crippen LogP contribution is -2.60. The van der Waals surface area contributed by atoms with Gasteiger partial charge in [-0.3, -0.25) is 4.79 Å². The summed E-state index contributed by atoms with van der Waals surface area (Å²) in [6.07, 6.45) is -5.43. The second-order valence-corrected chi connectivity index (χ2v) is 9.52. The Morgan fingerprint density at radius 3 is 2.21 bits per heavy atom. The quantitative estimate of drug-likeness (QED) is 0.138. The first-order chi connectivity index (χ1) is 20.1. The third-order valence-electron chi connectivity index (χ3n) is 6.55. The number of benzene rings is 3. The zero-order chi connectivity index (χ0) is 30.0. The number of hydrogen-bond donors (Lipinski definition) is 6. The molecule has 5 rings (SSSR count). The standard InChI is InChI=1S/C30H26O12/c31-17-6-1-15(2-7-17)3-10-25(35)39-14-24-27(36)28(37)29(38)30(42-24)40-19-11-20(33)26-21(34)13-22(41-23(26)12-19)16-4-8-18(32)9-5-16/h1-13,24,27-33,36-38H,14H2/t24-,27+,28-,29+,30-/m0/s1. The van der Waals surface area contributed by atoms with Gasteiger partial charge in [0.25, 0.3) is 0 Å². The molecule has 0 saturated carbocycles. The van der Waals surface area contributed by atoms with Gasteiger partial charge in [0.15, 0.2) is 5.43 Å². The monoisotopic (exact) mass is 578 g/mol. The van der Waals surface area contributed by atoms with Crippen molar-refractivity contribution in [3.05, 3.63) is 88.6 Å². The van der Waals surface area contributed by atoms with Crippen molar-refractivity contribution in [2.24, 2.45) is 0 Å². The highest BCUT2D eigenvalue weighted by molar-refractivity contribution is 5.87. The van der Waals surface area contributed by atoms with E-state index in [1.165, 1.54) is 54.6 Å². The number of phenolic OH excluding ortho intramolecular Hbond substituents is 3. The highest BCUT2D eigenvalue weighted by atomic mass is 16.7. The van der Waals surface area contributed by atoms with E-state index in [2.05, 4.69) is 0 Å². The zero-order valence-corrected chi connectivity index (χ0v) is 21.7. The number of carbonyl (C=O) groups is 1. The van der Waals surface area contributed by atoms with Gasteiger partial charge in [0, 0.05) is 29.8 Å². The molecule has 1 fully saturated rings. The number of esters is 1. The van der Waals surface area contributed by atoms with Gasteiger partial charge in [-0.2, -0.15) is 0 Å². The van der Waals surface area contributed by atoms with Crippen LogP contribution in [0.5, 0.6) is 23.0 Å². The Morgan fingerprint density at radius 1 is 0.857 bits per heavy atom. The van der Waals surface area contributed by atoms with Crippen LogP contribution >= 0.6 is 0 Å². The van der Waals surface area contributed by atoms with Gasteiger partial charge in [0.2, 0.25) is 6.29 Å². The summed E-state index contributed by atoms with van der Waals surface area (Å²) in [5.74, 6) is -1.13. The summed E-state index contributed by atoms with van der Waals surface area (Å²) in [7, 11) is 0. The van der Waals surface area contributed by atoms with E-state index in [0.29, 0.717) is 11.1 Å². The van der Waals surface area contributed by atoms with Gasteiger partial charge in [0.1, 0.15) is 70.8 Å². The van der Waals surface area contributed by atoms with E-state index >= 15 is 0 Å².